The molecule has 0 saturated carbocycles. The number of aromatic nitrogens is 6. The molecular weight excluding hydrogens is 862 g/mol. The van der Waals surface area contributed by atoms with Gasteiger partial charge in [-0.25, -0.2) is 15.0 Å². The van der Waals surface area contributed by atoms with Crippen LogP contribution in [0.4, 0.5) is 0 Å². The summed E-state index contributed by atoms with van der Waals surface area (Å²) in [4.78, 5) is 16.9. The van der Waals surface area contributed by atoms with E-state index < -0.39 is 0 Å². The van der Waals surface area contributed by atoms with E-state index in [1.54, 1.807) is 0 Å². The van der Waals surface area contributed by atoms with Gasteiger partial charge in [0.15, 0.2) is 0 Å². The Morgan fingerprint density at radius 3 is 1.20 bits per heavy atom. The van der Waals surface area contributed by atoms with E-state index in [9.17, 15) is 0 Å². The molecule has 0 saturated heterocycles. The summed E-state index contributed by atoms with van der Waals surface area (Å²) in [5, 5.41) is 6.96. The van der Waals surface area contributed by atoms with Crippen LogP contribution in [0.5, 0.6) is 0 Å². The number of fused-ring (bicyclic) bond motifs is 10. The zero-order valence-electron chi connectivity index (χ0n) is 38.6. The van der Waals surface area contributed by atoms with Gasteiger partial charge in [-0.05, 0) is 54.6 Å². The quantitative estimate of drug-likeness (QED) is 0.136. The lowest BCUT2D eigenvalue weighted by molar-refractivity contribution is 0.984. The summed E-state index contributed by atoms with van der Waals surface area (Å²) < 4.78 is 7.13. The maximum absolute atomic E-state index is 5.67. The third kappa shape index (κ3) is 6.63. The lowest BCUT2D eigenvalue weighted by atomic mass is 9.38. The largest absolute Gasteiger partial charge is 0.309 e. The molecule has 0 aliphatic rings. The first-order valence-electron chi connectivity index (χ1n) is 24.3. The Balaban J connectivity index is 1.08. The molecular formula is C63H42B2N6. The SMILES string of the molecule is c1ccc(B(c2ccccc2)c2nc(B(c3ccccc3)c3ccccc3)nc(-n3c4ccccc4c4ccc5c(c6ccccc6n5-c5ccc6c(c5)c5ccccc5n6-c5ccccc5)c43)n2)cc1. The van der Waals surface area contributed by atoms with Crippen LogP contribution in [0.15, 0.2) is 255 Å². The molecule has 0 atom stereocenters. The first-order valence-corrected chi connectivity index (χ1v) is 24.3. The molecule has 330 valence electrons. The van der Waals surface area contributed by atoms with Crippen LogP contribution in [0.25, 0.3) is 82.7 Å². The molecule has 0 unspecified atom stereocenters. The highest BCUT2D eigenvalue weighted by molar-refractivity contribution is 6.96. The molecule has 0 bridgehead atoms. The van der Waals surface area contributed by atoms with Crippen LogP contribution in [0, 0.1) is 0 Å². The fourth-order valence-corrected chi connectivity index (χ4v) is 11.3. The maximum Gasteiger partial charge on any atom is 0.290 e. The summed E-state index contributed by atoms with van der Waals surface area (Å²) in [6.07, 6.45) is 0. The minimum absolute atomic E-state index is 0.275. The topological polar surface area (TPSA) is 53.5 Å². The Kier molecular flexibility index (Phi) is 9.62. The van der Waals surface area contributed by atoms with E-state index in [1.807, 2.05) is 0 Å². The number of benzene rings is 10. The Labute approximate surface area is 410 Å². The van der Waals surface area contributed by atoms with Gasteiger partial charge in [0.05, 0.1) is 33.1 Å². The Morgan fingerprint density at radius 2 is 0.662 bits per heavy atom. The lowest BCUT2D eigenvalue weighted by Gasteiger charge is -2.19. The van der Waals surface area contributed by atoms with Gasteiger partial charge in [-0.3, -0.25) is 4.57 Å². The molecule has 10 aromatic carbocycles. The second-order valence-corrected chi connectivity index (χ2v) is 18.3. The average Bonchev–Trinajstić information content (AvgIpc) is 4.08. The predicted molar refractivity (Wildman–Crippen MR) is 298 cm³/mol. The Bertz CT molecular complexity index is 4110. The van der Waals surface area contributed by atoms with Crippen molar-refractivity contribution in [2.75, 3.05) is 0 Å². The summed E-state index contributed by atoms with van der Waals surface area (Å²) in [5.74, 6) is 0.574. The van der Waals surface area contributed by atoms with Crippen molar-refractivity contribution in [1.82, 2.24) is 28.7 Å². The van der Waals surface area contributed by atoms with Crippen LogP contribution >= 0.6 is 0 Å². The summed E-state index contributed by atoms with van der Waals surface area (Å²) in [5.41, 5.74) is 14.7. The molecule has 0 amide bonds. The molecule has 0 aliphatic carbocycles. The molecule has 14 aromatic rings. The van der Waals surface area contributed by atoms with Crippen LogP contribution < -0.4 is 33.3 Å². The third-order valence-electron chi connectivity index (χ3n) is 14.3. The smallest absolute Gasteiger partial charge is 0.290 e. The second kappa shape index (κ2) is 16.8. The number of rotatable bonds is 9. The van der Waals surface area contributed by atoms with Gasteiger partial charge in [-0.15, -0.1) is 0 Å². The standard InChI is InChI=1S/C63H42B2N6/c1-6-22-43(23-7-1)64(44-24-8-2-9-25-44)61-66-62(65(45-26-10-3-11-27-45)46-28-12-4-13-29-46)68-63(67-61)71-55-36-20-16-32-49(55)51-39-41-58-59(60(51)71)52-34-18-21-37-56(52)70(58)48-38-40-57-53(42-48)50-33-17-19-35-54(50)69(57)47-30-14-5-15-31-47/h1-42H. The van der Waals surface area contributed by atoms with Crippen molar-refractivity contribution < 1.29 is 0 Å². The molecule has 8 heteroatoms. The van der Waals surface area contributed by atoms with Crippen molar-refractivity contribution in [2.24, 2.45) is 0 Å². The van der Waals surface area contributed by atoms with Crippen LogP contribution in [-0.2, 0) is 0 Å². The highest BCUT2D eigenvalue weighted by atomic mass is 15.2. The first kappa shape index (κ1) is 40.8. The van der Waals surface area contributed by atoms with E-state index in [0.717, 1.165) is 76.8 Å². The Morgan fingerprint density at radius 1 is 0.268 bits per heavy atom. The molecule has 4 heterocycles. The molecule has 0 N–H and O–H groups in total. The van der Waals surface area contributed by atoms with Gasteiger partial charge in [0.25, 0.3) is 13.4 Å². The Hall–Kier alpha value is -9.26. The van der Waals surface area contributed by atoms with E-state index >= 15 is 0 Å². The number of para-hydroxylation sites is 4. The van der Waals surface area contributed by atoms with Crippen molar-refractivity contribution in [3.63, 3.8) is 0 Å². The zero-order valence-corrected chi connectivity index (χ0v) is 38.6. The maximum atomic E-state index is 5.67. The molecule has 6 nitrogen and oxygen atoms in total. The summed E-state index contributed by atoms with van der Waals surface area (Å²) >= 11 is 0. The third-order valence-corrected chi connectivity index (χ3v) is 14.3. The highest BCUT2D eigenvalue weighted by Crippen LogP contribution is 2.42. The van der Waals surface area contributed by atoms with E-state index in [0.29, 0.717) is 17.4 Å². The van der Waals surface area contributed by atoms with E-state index in [-0.39, 0.29) is 13.4 Å². The van der Waals surface area contributed by atoms with Gasteiger partial charge in [0, 0.05) is 43.7 Å². The minimum Gasteiger partial charge on any atom is -0.309 e. The molecule has 14 rings (SSSR count). The second-order valence-electron chi connectivity index (χ2n) is 18.3. The van der Waals surface area contributed by atoms with Crippen LogP contribution in [0.3, 0.4) is 0 Å². The highest BCUT2D eigenvalue weighted by Gasteiger charge is 2.32. The van der Waals surface area contributed by atoms with Crippen molar-refractivity contribution in [3.8, 4) is 17.3 Å². The predicted octanol–water partition coefficient (Wildman–Crippen LogP) is 10.2. The van der Waals surface area contributed by atoms with Gasteiger partial charge in [0.1, 0.15) is 11.4 Å². The van der Waals surface area contributed by atoms with Gasteiger partial charge >= 0.3 is 0 Å². The van der Waals surface area contributed by atoms with Crippen LogP contribution in [-0.4, -0.2) is 42.1 Å². The fraction of sp³-hybridized carbons (Fsp3) is 0. The van der Waals surface area contributed by atoms with Crippen molar-refractivity contribution in [3.05, 3.63) is 255 Å². The fourth-order valence-electron chi connectivity index (χ4n) is 11.3. The van der Waals surface area contributed by atoms with E-state index in [4.69, 9.17) is 15.0 Å². The number of nitrogens with zero attached hydrogens (tertiary/aromatic N) is 6. The monoisotopic (exact) mass is 904 g/mol. The van der Waals surface area contributed by atoms with E-state index in [2.05, 4.69) is 268 Å². The van der Waals surface area contributed by atoms with Gasteiger partial charge in [-0.2, -0.15) is 0 Å². The van der Waals surface area contributed by atoms with Gasteiger partial charge in [0.2, 0.25) is 5.95 Å². The molecule has 0 aliphatic heterocycles. The van der Waals surface area contributed by atoms with Crippen molar-refractivity contribution >= 4 is 112 Å². The number of hydrogen-bond donors (Lipinski definition) is 0. The number of hydrogen-bond acceptors (Lipinski definition) is 3. The molecule has 4 aromatic heterocycles. The lowest BCUT2D eigenvalue weighted by Crippen LogP contribution is -2.61. The molecule has 0 radical (unpaired) electrons. The van der Waals surface area contributed by atoms with Crippen molar-refractivity contribution in [2.45, 2.75) is 0 Å². The molecule has 0 fully saturated rings. The van der Waals surface area contributed by atoms with Crippen LogP contribution in [0.1, 0.15) is 0 Å². The van der Waals surface area contributed by atoms with Crippen molar-refractivity contribution in [1.29, 1.82) is 0 Å². The summed E-state index contributed by atoms with van der Waals surface area (Å²) in [7, 11) is 0. The first-order chi connectivity index (χ1) is 35.3. The normalized spacial score (nSPS) is 11.7. The molecule has 71 heavy (non-hydrogen) atoms. The van der Waals surface area contributed by atoms with E-state index in [1.165, 1.54) is 21.8 Å². The van der Waals surface area contributed by atoms with Crippen LogP contribution in [0.2, 0.25) is 0 Å². The summed E-state index contributed by atoms with van der Waals surface area (Å²) in [6.45, 7) is -0.550. The van der Waals surface area contributed by atoms with Gasteiger partial charge in [-0.1, -0.05) is 222 Å². The minimum atomic E-state index is -0.275. The average molecular weight is 905 g/mol. The molecule has 0 spiro atoms. The summed E-state index contributed by atoms with van der Waals surface area (Å²) in [6, 6.07) is 91.0. The van der Waals surface area contributed by atoms with Gasteiger partial charge < -0.3 is 9.13 Å². The zero-order chi connectivity index (χ0) is 46.8.